The number of carbonyl (C=O) groups excluding carboxylic acids is 3. The average molecular weight is 349 g/mol. The number of phenols is 1. The molecule has 2 amide bonds. The Morgan fingerprint density at radius 3 is 2.42 bits per heavy atom. The summed E-state index contributed by atoms with van der Waals surface area (Å²) in [5.74, 6) is -2.49. The summed E-state index contributed by atoms with van der Waals surface area (Å²) in [5, 5.41) is 9.84. The van der Waals surface area contributed by atoms with Crippen LogP contribution < -0.4 is 10.9 Å². The van der Waals surface area contributed by atoms with Crippen molar-refractivity contribution in [2.24, 2.45) is 0 Å². The minimum Gasteiger partial charge on any atom is -0.507 e. The van der Waals surface area contributed by atoms with E-state index in [0.717, 1.165) is 0 Å². The number of ether oxygens (including phenoxy) is 1. The Labute approximate surface area is 142 Å². The van der Waals surface area contributed by atoms with E-state index < -0.39 is 24.4 Å². The van der Waals surface area contributed by atoms with Crippen LogP contribution in [0.15, 0.2) is 48.5 Å². The molecule has 8 heteroatoms. The second-order valence-electron chi connectivity index (χ2n) is 4.61. The van der Waals surface area contributed by atoms with Crippen LogP contribution in [0.3, 0.4) is 0 Å². The SMILES string of the molecule is O=C(COC(=O)c1ccc(Cl)cc1O)NNC(=O)c1ccccc1. The lowest BCUT2D eigenvalue weighted by molar-refractivity contribution is -0.125. The predicted octanol–water partition coefficient (Wildman–Crippen LogP) is 1.66. The van der Waals surface area contributed by atoms with Crippen molar-refractivity contribution < 1.29 is 24.2 Å². The number of esters is 1. The molecule has 0 fully saturated rings. The minimum absolute atomic E-state index is 0.125. The fraction of sp³-hybridized carbons (Fsp3) is 0.0625. The van der Waals surface area contributed by atoms with E-state index in [4.69, 9.17) is 16.3 Å². The number of halogens is 1. The van der Waals surface area contributed by atoms with Crippen molar-refractivity contribution in [2.45, 2.75) is 0 Å². The monoisotopic (exact) mass is 348 g/mol. The standard InChI is InChI=1S/C16H13ClN2O5/c17-11-6-7-12(13(20)8-11)16(23)24-9-14(21)18-19-15(22)10-4-2-1-3-5-10/h1-8,20H,9H2,(H,18,21)(H,19,22). The van der Waals surface area contributed by atoms with Crippen molar-refractivity contribution in [2.75, 3.05) is 6.61 Å². The lowest BCUT2D eigenvalue weighted by atomic mass is 10.2. The van der Waals surface area contributed by atoms with Gasteiger partial charge in [0.1, 0.15) is 11.3 Å². The van der Waals surface area contributed by atoms with Gasteiger partial charge in [0.15, 0.2) is 6.61 Å². The number of carbonyl (C=O) groups is 3. The van der Waals surface area contributed by atoms with E-state index in [0.29, 0.717) is 5.56 Å². The Kier molecular flexibility index (Phi) is 5.75. The van der Waals surface area contributed by atoms with Crippen LogP contribution in [0.1, 0.15) is 20.7 Å². The van der Waals surface area contributed by atoms with E-state index in [1.165, 1.54) is 18.2 Å². The highest BCUT2D eigenvalue weighted by atomic mass is 35.5. The average Bonchev–Trinajstić information content (AvgIpc) is 2.58. The van der Waals surface area contributed by atoms with Crippen molar-refractivity contribution in [3.8, 4) is 5.75 Å². The largest absolute Gasteiger partial charge is 0.507 e. The van der Waals surface area contributed by atoms with Gasteiger partial charge in [0.2, 0.25) is 0 Å². The molecule has 0 saturated carbocycles. The summed E-state index contributed by atoms with van der Waals surface area (Å²) in [4.78, 5) is 35.0. The number of aromatic hydroxyl groups is 1. The number of hydrogen-bond acceptors (Lipinski definition) is 5. The maximum absolute atomic E-state index is 11.7. The fourth-order valence-electron chi connectivity index (χ4n) is 1.71. The highest BCUT2D eigenvalue weighted by molar-refractivity contribution is 6.30. The number of nitrogens with one attached hydrogen (secondary N) is 2. The van der Waals surface area contributed by atoms with E-state index >= 15 is 0 Å². The first-order chi connectivity index (χ1) is 11.5. The van der Waals surface area contributed by atoms with Crippen LogP contribution in [-0.4, -0.2) is 29.5 Å². The first kappa shape index (κ1) is 17.3. The Hall–Kier alpha value is -3.06. The molecule has 7 nitrogen and oxygen atoms in total. The number of hydrogen-bond donors (Lipinski definition) is 3. The molecule has 2 aromatic carbocycles. The molecule has 3 N–H and O–H groups in total. The summed E-state index contributed by atoms with van der Waals surface area (Å²) >= 11 is 5.65. The molecule has 24 heavy (non-hydrogen) atoms. The van der Waals surface area contributed by atoms with Gasteiger partial charge in [-0.25, -0.2) is 4.79 Å². The molecular formula is C16H13ClN2O5. The van der Waals surface area contributed by atoms with Gasteiger partial charge in [0.05, 0.1) is 0 Å². The van der Waals surface area contributed by atoms with Gasteiger partial charge in [-0.05, 0) is 30.3 Å². The quantitative estimate of drug-likeness (QED) is 0.576. The number of hydrazine groups is 1. The van der Waals surface area contributed by atoms with Crippen LogP contribution in [0.4, 0.5) is 0 Å². The maximum atomic E-state index is 11.7. The van der Waals surface area contributed by atoms with E-state index in [1.807, 2.05) is 0 Å². The number of benzene rings is 2. The molecule has 0 aromatic heterocycles. The third-order valence-corrected chi connectivity index (χ3v) is 3.10. The molecule has 2 rings (SSSR count). The van der Waals surface area contributed by atoms with Gasteiger partial charge in [-0.2, -0.15) is 0 Å². The van der Waals surface area contributed by atoms with Gasteiger partial charge < -0.3 is 9.84 Å². The molecule has 0 saturated heterocycles. The summed E-state index contributed by atoms with van der Waals surface area (Å²) in [6.07, 6.45) is 0. The van der Waals surface area contributed by atoms with Gasteiger partial charge in [-0.15, -0.1) is 0 Å². The van der Waals surface area contributed by atoms with E-state index in [-0.39, 0.29) is 16.3 Å². The summed E-state index contributed by atoms with van der Waals surface area (Å²) in [7, 11) is 0. The van der Waals surface area contributed by atoms with Gasteiger partial charge in [-0.3, -0.25) is 20.4 Å². The zero-order valence-corrected chi connectivity index (χ0v) is 13.0. The zero-order chi connectivity index (χ0) is 17.5. The molecule has 0 bridgehead atoms. The fourth-order valence-corrected chi connectivity index (χ4v) is 1.88. The van der Waals surface area contributed by atoms with Gasteiger partial charge in [0, 0.05) is 10.6 Å². The molecule has 0 aliphatic carbocycles. The van der Waals surface area contributed by atoms with Crippen molar-refractivity contribution in [1.82, 2.24) is 10.9 Å². The van der Waals surface area contributed by atoms with E-state index in [2.05, 4.69) is 10.9 Å². The Bertz CT molecular complexity index is 764. The second kappa shape index (κ2) is 7.98. The molecule has 0 aliphatic heterocycles. The van der Waals surface area contributed by atoms with Gasteiger partial charge >= 0.3 is 5.97 Å². The lowest BCUT2D eigenvalue weighted by Crippen LogP contribution is -2.43. The summed E-state index contributed by atoms with van der Waals surface area (Å²) < 4.78 is 4.74. The van der Waals surface area contributed by atoms with E-state index in [1.54, 1.807) is 30.3 Å². The summed E-state index contributed by atoms with van der Waals surface area (Å²) in [5.41, 5.74) is 4.53. The molecule has 124 valence electrons. The first-order valence-corrected chi connectivity index (χ1v) is 7.15. The summed E-state index contributed by atoms with van der Waals surface area (Å²) in [6, 6.07) is 12.1. The lowest BCUT2D eigenvalue weighted by Gasteiger charge is -2.09. The minimum atomic E-state index is -0.895. The highest BCUT2D eigenvalue weighted by Crippen LogP contribution is 2.22. The number of amides is 2. The third kappa shape index (κ3) is 4.72. The molecule has 0 unspecified atom stereocenters. The summed E-state index contributed by atoms with van der Waals surface area (Å²) in [6.45, 7) is -0.629. The van der Waals surface area contributed by atoms with E-state index in [9.17, 15) is 19.5 Å². The topological polar surface area (TPSA) is 105 Å². The molecule has 0 heterocycles. The first-order valence-electron chi connectivity index (χ1n) is 6.77. The third-order valence-electron chi connectivity index (χ3n) is 2.87. The van der Waals surface area contributed by atoms with Crippen LogP contribution in [0, 0.1) is 0 Å². The van der Waals surface area contributed by atoms with Crippen molar-refractivity contribution >= 4 is 29.4 Å². The molecule has 0 atom stereocenters. The number of phenolic OH excluding ortho intramolecular Hbond substituents is 1. The predicted molar refractivity (Wildman–Crippen MR) is 85.5 cm³/mol. The molecule has 0 radical (unpaired) electrons. The van der Waals surface area contributed by atoms with Crippen molar-refractivity contribution in [1.29, 1.82) is 0 Å². The molecule has 0 aliphatic rings. The van der Waals surface area contributed by atoms with Gasteiger partial charge in [0.25, 0.3) is 11.8 Å². The van der Waals surface area contributed by atoms with Crippen LogP contribution in [0.2, 0.25) is 5.02 Å². The van der Waals surface area contributed by atoms with Crippen LogP contribution in [0.5, 0.6) is 5.75 Å². The molecule has 0 spiro atoms. The Morgan fingerprint density at radius 1 is 1.04 bits per heavy atom. The smallest absolute Gasteiger partial charge is 0.342 e. The normalized spacial score (nSPS) is 9.88. The number of rotatable bonds is 4. The van der Waals surface area contributed by atoms with Crippen molar-refractivity contribution in [3.63, 3.8) is 0 Å². The zero-order valence-electron chi connectivity index (χ0n) is 12.3. The molecule has 2 aromatic rings. The van der Waals surface area contributed by atoms with Crippen LogP contribution in [0.25, 0.3) is 0 Å². The Balaban J connectivity index is 1.80. The Morgan fingerprint density at radius 2 is 1.75 bits per heavy atom. The molecular weight excluding hydrogens is 336 g/mol. The highest BCUT2D eigenvalue weighted by Gasteiger charge is 2.15. The van der Waals surface area contributed by atoms with Gasteiger partial charge in [-0.1, -0.05) is 29.8 Å². The van der Waals surface area contributed by atoms with Crippen molar-refractivity contribution in [3.05, 3.63) is 64.7 Å². The maximum Gasteiger partial charge on any atom is 0.342 e. The second-order valence-corrected chi connectivity index (χ2v) is 5.04. The van der Waals surface area contributed by atoms with Crippen LogP contribution in [-0.2, 0) is 9.53 Å². The van der Waals surface area contributed by atoms with Crippen LogP contribution >= 0.6 is 11.6 Å².